The van der Waals surface area contributed by atoms with Crippen molar-refractivity contribution in [2.75, 3.05) is 12.3 Å². The van der Waals surface area contributed by atoms with Gasteiger partial charge in [0.25, 0.3) is 0 Å². The number of anilines is 1. The lowest BCUT2D eigenvalue weighted by molar-refractivity contribution is 0.0527. The number of ether oxygens (including phenoxy) is 2. The molecule has 0 fully saturated rings. The predicted octanol–water partition coefficient (Wildman–Crippen LogP) is 2.24. The van der Waals surface area contributed by atoms with E-state index in [9.17, 15) is 4.79 Å². The van der Waals surface area contributed by atoms with E-state index in [1.54, 1.807) is 24.0 Å². The molecule has 0 saturated carbocycles. The predicted molar refractivity (Wildman–Crippen MR) is 77.2 cm³/mol. The summed E-state index contributed by atoms with van der Waals surface area (Å²) >= 11 is 0. The molecule has 0 aromatic carbocycles. The monoisotopic (exact) mass is 290 g/mol. The van der Waals surface area contributed by atoms with Crippen LogP contribution in [0.2, 0.25) is 0 Å². The number of carbonyl (C=O) groups is 1. The normalized spacial score (nSPS) is 10.4. The maximum Gasteiger partial charge on any atom is 0.340 e. The molecule has 0 aliphatic heterocycles. The molecule has 0 saturated heterocycles. The van der Waals surface area contributed by atoms with Crippen LogP contribution in [-0.4, -0.2) is 27.3 Å². The van der Waals surface area contributed by atoms with Gasteiger partial charge in [-0.15, -0.1) is 0 Å². The van der Waals surface area contributed by atoms with Crippen LogP contribution in [0.4, 0.5) is 5.69 Å². The molecule has 0 spiro atoms. The number of rotatable bonds is 6. The average Bonchev–Trinajstić information content (AvgIpc) is 2.89. The van der Waals surface area contributed by atoms with Gasteiger partial charge < -0.3 is 15.2 Å². The maximum absolute atomic E-state index is 11.8. The highest BCUT2D eigenvalue weighted by atomic mass is 16.5. The molecule has 0 radical (unpaired) electrons. The van der Waals surface area contributed by atoms with E-state index in [1.807, 2.05) is 0 Å². The standard InChI is InChI=1S/C14H18N4O3/c1-3-5-18-9-10(7-17-18)21-13-6-11(12(15)8-16-13)14(19)20-4-2/h6-9H,3-5,15H2,1-2H3. The minimum absolute atomic E-state index is 0.239. The van der Waals surface area contributed by atoms with Gasteiger partial charge in [0.05, 0.1) is 36.4 Å². The summed E-state index contributed by atoms with van der Waals surface area (Å²) in [6, 6.07) is 1.46. The third-order valence-electron chi connectivity index (χ3n) is 2.69. The molecule has 0 unspecified atom stereocenters. The molecule has 2 aromatic rings. The molecule has 2 rings (SSSR count). The SMILES string of the molecule is CCCn1cc(Oc2cc(C(=O)OCC)c(N)cn2)cn1. The van der Waals surface area contributed by atoms with Gasteiger partial charge in [-0.1, -0.05) is 6.92 Å². The van der Waals surface area contributed by atoms with Crippen molar-refractivity contribution in [2.45, 2.75) is 26.8 Å². The smallest absolute Gasteiger partial charge is 0.340 e. The third kappa shape index (κ3) is 3.71. The molecule has 0 bridgehead atoms. The number of nitrogen functional groups attached to an aromatic ring is 1. The van der Waals surface area contributed by atoms with Crippen LogP contribution in [0.1, 0.15) is 30.6 Å². The van der Waals surface area contributed by atoms with E-state index in [0.717, 1.165) is 13.0 Å². The highest BCUT2D eigenvalue weighted by Gasteiger charge is 2.13. The number of nitrogens with zero attached hydrogens (tertiary/aromatic N) is 3. The highest BCUT2D eigenvalue weighted by Crippen LogP contribution is 2.22. The van der Waals surface area contributed by atoms with Crippen molar-refractivity contribution in [3.63, 3.8) is 0 Å². The van der Waals surface area contributed by atoms with Gasteiger partial charge in [0, 0.05) is 12.6 Å². The molecule has 2 heterocycles. The van der Waals surface area contributed by atoms with Crippen LogP contribution >= 0.6 is 0 Å². The molecule has 0 aliphatic rings. The first-order valence-electron chi connectivity index (χ1n) is 6.77. The van der Waals surface area contributed by atoms with Crippen molar-refractivity contribution >= 4 is 11.7 Å². The Morgan fingerprint density at radius 2 is 2.19 bits per heavy atom. The van der Waals surface area contributed by atoms with E-state index in [0.29, 0.717) is 5.75 Å². The number of pyridine rings is 1. The first kappa shape index (κ1) is 14.8. The van der Waals surface area contributed by atoms with Crippen molar-refractivity contribution in [3.05, 3.63) is 30.2 Å². The number of esters is 1. The van der Waals surface area contributed by atoms with E-state index in [-0.39, 0.29) is 23.7 Å². The third-order valence-corrected chi connectivity index (χ3v) is 2.69. The summed E-state index contributed by atoms with van der Waals surface area (Å²) in [6.07, 6.45) is 5.72. The number of hydrogen-bond acceptors (Lipinski definition) is 6. The largest absolute Gasteiger partial charge is 0.462 e. The molecule has 2 aromatic heterocycles. The van der Waals surface area contributed by atoms with E-state index in [2.05, 4.69) is 17.0 Å². The zero-order valence-electron chi connectivity index (χ0n) is 12.1. The molecule has 0 amide bonds. The van der Waals surface area contributed by atoms with Crippen LogP contribution in [0, 0.1) is 0 Å². The lowest BCUT2D eigenvalue weighted by atomic mass is 10.2. The fourth-order valence-corrected chi connectivity index (χ4v) is 1.76. The molecular formula is C14H18N4O3. The Labute approximate surface area is 122 Å². The zero-order chi connectivity index (χ0) is 15.2. The van der Waals surface area contributed by atoms with E-state index in [4.69, 9.17) is 15.2 Å². The second-order valence-corrected chi connectivity index (χ2v) is 4.37. The molecule has 21 heavy (non-hydrogen) atoms. The first-order chi connectivity index (χ1) is 10.1. The van der Waals surface area contributed by atoms with Crippen LogP contribution in [-0.2, 0) is 11.3 Å². The Morgan fingerprint density at radius 3 is 2.90 bits per heavy atom. The van der Waals surface area contributed by atoms with Crippen molar-refractivity contribution in [3.8, 4) is 11.6 Å². The number of carbonyl (C=O) groups excluding carboxylic acids is 1. The van der Waals surface area contributed by atoms with E-state index >= 15 is 0 Å². The first-order valence-corrected chi connectivity index (χ1v) is 6.77. The summed E-state index contributed by atoms with van der Waals surface area (Å²) in [4.78, 5) is 15.8. The molecule has 112 valence electrons. The highest BCUT2D eigenvalue weighted by molar-refractivity contribution is 5.95. The summed E-state index contributed by atoms with van der Waals surface area (Å²) in [5, 5.41) is 4.15. The minimum Gasteiger partial charge on any atom is -0.462 e. The fourth-order valence-electron chi connectivity index (χ4n) is 1.76. The summed E-state index contributed by atoms with van der Waals surface area (Å²) in [5.74, 6) is 0.322. The van der Waals surface area contributed by atoms with Gasteiger partial charge in [-0.05, 0) is 13.3 Å². The van der Waals surface area contributed by atoms with E-state index < -0.39 is 5.97 Å². The van der Waals surface area contributed by atoms with Crippen molar-refractivity contribution < 1.29 is 14.3 Å². The minimum atomic E-state index is -0.496. The number of aromatic nitrogens is 3. The second kappa shape index (κ2) is 6.74. The van der Waals surface area contributed by atoms with E-state index in [1.165, 1.54) is 12.3 Å². The Hall–Kier alpha value is -2.57. The Morgan fingerprint density at radius 1 is 1.38 bits per heavy atom. The fraction of sp³-hybridized carbons (Fsp3) is 0.357. The van der Waals surface area contributed by atoms with Gasteiger partial charge >= 0.3 is 5.97 Å². The Bertz CT molecular complexity index is 624. The average molecular weight is 290 g/mol. The van der Waals surface area contributed by atoms with Gasteiger partial charge in [-0.2, -0.15) is 5.10 Å². The van der Waals surface area contributed by atoms with Crippen LogP contribution < -0.4 is 10.5 Å². The van der Waals surface area contributed by atoms with Crippen LogP contribution in [0.5, 0.6) is 11.6 Å². The quantitative estimate of drug-likeness (QED) is 0.820. The molecule has 7 nitrogen and oxygen atoms in total. The molecule has 0 atom stereocenters. The van der Waals surface area contributed by atoms with Crippen LogP contribution in [0.3, 0.4) is 0 Å². The Kier molecular flexibility index (Phi) is 4.76. The number of nitrogens with two attached hydrogens (primary N) is 1. The lowest BCUT2D eigenvalue weighted by Gasteiger charge is -2.07. The number of hydrogen-bond donors (Lipinski definition) is 1. The zero-order valence-corrected chi connectivity index (χ0v) is 12.1. The molecule has 2 N–H and O–H groups in total. The van der Waals surface area contributed by atoms with Gasteiger partial charge in [-0.25, -0.2) is 9.78 Å². The maximum atomic E-state index is 11.8. The number of aryl methyl sites for hydroxylation is 1. The molecule has 7 heteroatoms. The van der Waals surface area contributed by atoms with Crippen molar-refractivity contribution in [1.82, 2.24) is 14.8 Å². The van der Waals surface area contributed by atoms with Crippen LogP contribution in [0.25, 0.3) is 0 Å². The Balaban J connectivity index is 2.16. The van der Waals surface area contributed by atoms with Gasteiger partial charge in [0.2, 0.25) is 5.88 Å². The topological polar surface area (TPSA) is 92.3 Å². The molecule has 0 aliphatic carbocycles. The molecular weight excluding hydrogens is 272 g/mol. The van der Waals surface area contributed by atoms with Gasteiger partial charge in [0.15, 0.2) is 5.75 Å². The summed E-state index contributed by atoms with van der Waals surface area (Å²) in [6.45, 7) is 4.89. The lowest BCUT2D eigenvalue weighted by Crippen LogP contribution is -2.08. The summed E-state index contributed by atoms with van der Waals surface area (Å²) in [5.41, 5.74) is 6.21. The summed E-state index contributed by atoms with van der Waals surface area (Å²) < 4.78 is 12.3. The van der Waals surface area contributed by atoms with Gasteiger partial charge in [-0.3, -0.25) is 4.68 Å². The second-order valence-electron chi connectivity index (χ2n) is 4.37. The van der Waals surface area contributed by atoms with Crippen molar-refractivity contribution in [2.24, 2.45) is 0 Å². The van der Waals surface area contributed by atoms with Crippen molar-refractivity contribution in [1.29, 1.82) is 0 Å². The van der Waals surface area contributed by atoms with Crippen LogP contribution in [0.15, 0.2) is 24.7 Å². The summed E-state index contributed by atoms with van der Waals surface area (Å²) in [7, 11) is 0. The van der Waals surface area contributed by atoms with Gasteiger partial charge in [0.1, 0.15) is 0 Å².